The zero-order chi connectivity index (χ0) is 14.1. The summed E-state index contributed by atoms with van der Waals surface area (Å²) in [5.41, 5.74) is 1.69. The van der Waals surface area contributed by atoms with E-state index in [0.717, 1.165) is 17.0 Å². The van der Waals surface area contributed by atoms with Gasteiger partial charge < -0.3 is 9.84 Å². The van der Waals surface area contributed by atoms with Crippen LogP contribution < -0.4 is 9.64 Å². The highest BCUT2D eigenvalue weighted by Gasteiger charge is 2.47. The molecule has 1 amide bonds. The van der Waals surface area contributed by atoms with E-state index in [1.807, 2.05) is 42.5 Å². The first-order chi connectivity index (χ1) is 9.72. The Kier molecular flexibility index (Phi) is 3.16. The molecule has 1 fully saturated rings. The minimum atomic E-state index is -0.973. The number of carbonyl (C=O) groups is 1. The van der Waals surface area contributed by atoms with Crippen LogP contribution in [0.1, 0.15) is 11.6 Å². The molecule has 0 saturated carbocycles. The number of hydrogen-bond acceptors (Lipinski definition) is 3. The fourth-order valence-electron chi connectivity index (χ4n) is 2.49. The van der Waals surface area contributed by atoms with Crippen LogP contribution in [0.25, 0.3) is 0 Å². The average molecular weight is 269 g/mol. The third kappa shape index (κ3) is 1.94. The third-order valence-corrected chi connectivity index (χ3v) is 3.56. The second kappa shape index (κ2) is 4.98. The van der Waals surface area contributed by atoms with Gasteiger partial charge in [0.2, 0.25) is 0 Å². The summed E-state index contributed by atoms with van der Waals surface area (Å²) in [5.74, 6) is 0.461. The molecule has 20 heavy (non-hydrogen) atoms. The second-order valence-electron chi connectivity index (χ2n) is 4.71. The normalized spacial score (nSPS) is 21.5. The first kappa shape index (κ1) is 12.7. The van der Waals surface area contributed by atoms with Gasteiger partial charge in [-0.2, -0.15) is 0 Å². The molecule has 0 aliphatic carbocycles. The quantitative estimate of drug-likeness (QED) is 0.869. The SMILES string of the molecule is COc1ccc(N2C(=O)[C@@H](O)[C@@H]2c2ccccc2)cc1. The first-order valence-corrected chi connectivity index (χ1v) is 6.42. The van der Waals surface area contributed by atoms with Crippen molar-refractivity contribution in [2.45, 2.75) is 12.1 Å². The van der Waals surface area contributed by atoms with E-state index in [1.165, 1.54) is 0 Å². The van der Waals surface area contributed by atoms with Gasteiger partial charge in [0.05, 0.1) is 13.2 Å². The molecule has 102 valence electrons. The predicted molar refractivity (Wildman–Crippen MR) is 75.7 cm³/mol. The largest absolute Gasteiger partial charge is 0.497 e. The molecule has 1 heterocycles. The van der Waals surface area contributed by atoms with Crippen LogP contribution in [-0.4, -0.2) is 24.2 Å². The summed E-state index contributed by atoms with van der Waals surface area (Å²) in [5, 5.41) is 9.95. The number of hydrogen-bond donors (Lipinski definition) is 1. The maximum Gasteiger partial charge on any atom is 0.259 e. The number of methoxy groups -OCH3 is 1. The summed E-state index contributed by atoms with van der Waals surface area (Å²) in [6, 6.07) is 16.5. The molecule has 2 aromatic carbocycles. The summed E-state index contributed by atoms with van der Waals surface area (Å²) in [6.45, 7) is 0. The lowest BCUT2D eigenvalue weighted by molar-refractivity contribution is -0.137. The molecule has 3 rings (SSSR count). The van der Waals surface area contributed by atoms with Crippen LogP contribution in [0.3, 0.4) is 0 Å². The molecular weight excluding hydrogens is 254 g/mol. The van der Waals surface area contributed by atoms with E-state index < -0.39 is 6.10 Å². The highest BCUT2D eigenvalue weighted by atomic mass is 16.5. The number of aliphatic hydroxyl groups excluding tert-OH is 1. The van der Waals surface area contributed by atoms with Crippen LogP contribution in [-0.2, 0) is 4.79 Å². The summed E-state index contributed by atoms with van der Waals surface area (Å²) < 4.78 is 5.11. The molecule has 0 spiro atoms. The van der Waals surface area contributed by atoms with Gasteiger partial charge >= 0.3 is 0 Å². The first-order valence-electron chi connectivity index (χ1n) is 6.42. The molecular formula is C16H15NO3. The number of nitrogens with zero attached hydrogens (tertiary/aromatic N) is 1. The molecule has 0 bridgehead atoms. The van der Waals surface area contributed by atoms with Gasteiger partial charge in [0, 0.05) is 5.69 Å². The zero-order valence-electron chi connectivity index (χ0n) is 11.1. The van der Waals surface area contributed by atoms with Gasteiger partial charge in [-0.1, -0.05) is 30.3 Å². The number of ether oxygens (including phenoxy) is 1. The van der Waals surface area contributed by atoms with Crippen LogP contribution in [0.15, 0.2) is 54.6 Å². The minimum absolute atomic E-state index is 0.274. The van der Waals surface area contributed by atoms with E-state index in [-0.39, 0.29) is 11.9 Å². The maximum atomic E-state index is 11.9. The Balaban J connectivity index is 1.92. The Labute approximate surface area is 117 Å². The van der Waals surface area contributed by atoms with Gasteiger partial charge in [0.25, 0.3) is 5.91 Å². The standard InChI is InChI=1S/C16H15NO3/c1-20-13-9-7-12(8-10-13)17-14(15(18)16(17)19)11-5-3-2-4-6-11/h2-10,14-15,18H,1H3/t14-,15-/m0/s1. The molecule has 1 N–H and O–H groups in total. The molecule has 0 radical (unpaired) electrons. The molecule has 1 aliphatic heterocycles. The highest BCUT2D eigenvalue weighted by Crippen LogP contribution is 2.39. The van der Waals surface area contributed by atoms with E-state index >= 15 is 0 Å². The van der Waals surface area contributed by atoms with Gasteiger partial charge in [0.1, 0.15) is 5.75 Å². The maximum absolute atomic E-state index is 11.9. The average Bonchev–Trinajstić information content (AvgIpc) is 2.52. The predicted octanol–water partition coefficient (Wildman–Crippen LogP) is 2.14. The lowest BCUT2D eigenvalue weighted by Gasteiger charge is -2.44. The summed E-state index contributed by atoms with van der Waals surface area (Å²) in [6.07, 6.45) is -0.973. The molecule has 0 unspecified atom stereocenters. The number of anilines is 1. The van der Waals surface area contributed by atoms with Crippen molar-refractivity contribution in [3.05, 3.63) is 60.2 Å². The van der Waals surface area contributed by atoms with Crippen LogP contribution in [0, 0.1) is 0 Å². The molecule has 0 aromatic heterocycles. The van der Waals surface area contributed by atoms with Crippen LogP contribution in [0.5, 0.6) is 5.75 Å². The van der Waals surface area contributed by atoms with Crippen molar-refractivity contribution < 1.29 is 14.6 Å². The fraction of sp³-hybridized carbons (Fsp3) is 0.188. The Morgan fingerprint density at radius 3 is 2.30 bits per heavy atom. The topological polar surface area (TPSA) is 49.8 Å². The van der Waals surface area contributed by atoms with E-state index in [4.69, 9.17) is 4.74 Å². The summed E-state index contributed by atoms with van der Waals surface area (Å²) >= 11 is 0. The van der Waals surface area contributed by atoms with Crippen molar-refractivity contribution in [2.75, 3.05) is 12.0 Å². The fourth-order valence-corrected chi connectivity index (χ4v) is 2.49. The number of carbonyl (C=O) groups excluding carboxylic acids is 1. The van der Waals surface area contributed by atoms with Gasteiger partial charge in [-0.3, -0.25) is 9.69 Å². The van der Waals surface area contributed by atoms with Crippen molar-refractivity contribution in [2.24, 2.45) is 0 Å². The number of aliphatic hydroxyl groups is 1. The smallest absolute Gasteiger partial charge is 0.259 e. The van der Waals surface area contributed by atoms with Gasteiger partial charge in [-0.05, 0) is 29.8 Å². The minimum Gasteiger partial charge on any atom is -0.497 e. The van der Waals surface area contributed by atoms with Crippen molar-refractivity contribution in [3.8, 4) is 5.75 Å². The van der Waals surface area contributed by atoms with E-state index in [2.05, 4.69) is 0 Å². The summed E-state index contributed by atoms with van der Waals surface area (Å²) in [7, 11) is 1.60. The van der Waals surface area contributed by atoms with Crippen LogP contribution in [0.4, 0.5) is 5.69 Å². The Morgan fingerprint density at radius 1 is 1.05 bits per heavy atom. The monoisotopic (exact) mass is 269 g/mol. The number of benzene rings is 2. The lowest BCUT2D eigenvalue weighted by Crippen LogP contribution is -2.59. The number of rotatable bonds is 3. The Hall–Kier alpha value is -2.33. The number of amides is 1. The Morgan fingerprint density at radius 2 is 1.70 bits per heavy atom. The number of β-lactam (4-membered cyclic amide) rings is 1. The molecule has 4 nitrogen and oxygen atoms in total. The van der Waals surface area contributed by atoms with Crippen LogP contribution in [0.2, 0.25) is 0 Å². The molecule has 2 atom stereocenters. The van der Waals surface area contributed by atoms with Gasteiger partial charge in [-0.15, -0.1) is 0 Å². The van der Waals surface area contributed by atoms with E-state index in [1.54, 1.807) is 24.1 Å². The van der Waals surface area contributed by atoms with Crippen LogP contribution >= 0.6 is 0 Å². The second-order valence-corrected chi connectivity index (χ2v) is 4.71. The van der Waals surface area contributed by atoms with E-state index in [9.17, 15) is 9.90 Å². The highest BCUT2D eigenvalue weighted by molar-refractivity contribution is 6.04. The van der Waals surface area contributed by atoms with Crippen molar-refractivity contribution in [1.29, 1.82) is 0 Å². The summed E-state index contributed by atoms with van der Waals surface area (Å²) in [4.78, 5) is 13.6. The Bertz CT molecular complexity index is 609. The molecule has 2 aromatic rings. The van der Waals surface area contributed by atoms with E-state index in [0.29, 0.717) is 0 Å². The molecule has 1 aliphatic rings. The molecule has 4 heteroatoms. The zero-order valence-corrected chi connectivity index (χ0v) is 11.1. The van der Waals surface area contributed by atoms with Crippen molar-refractivity contribution in [1.82, 2.24) is 0 Å². The lowest BCUT2D eigenvalue weighted by atomic mass is 9.90. The van der Waals surface area contributed by atoms with Crippen molar-refractivity contribution in [3.63, 3.8) is 0 Å². The van der Waals surface area contributed by atoms with Crippen molar-refractivity contribution >= 4 is 11.6 Å². The van der Waals surface area contributed by atoms with Gasteiger partial charge in [-0.25, -0.2) is 0 Å². The van der Waals surface area contributed by atoms with Gasteiger partial charge in [0.15, 0.2) is 6.10 Å². The third-order valence-electron chi connectivity index (χ3n) is 3.56. The molecule has 1 saturated heterocycles.